The van der Waals surface area contributed by atoms with E-state index in [0.717, 1.165) is 22.5 Å². The minimum Gasteiger partial charge on any atom is -0.289 e. The van der Waals surface area contributed by atoms with E-state index in [1.165, 1.54) is 30.0 Å². The van der Waals surface area contributed by atoms with Crippen LogP contribution in [0.4, 0.5) is 5.13 Å². The van der Waals surface area contributed by atoms with Crippen LogP contribution in [0.25, 0.3) is 16.6 Å². The van der Waals surface area contributed by atoms with Gasteiger partial charge in [0.05, 0.1) is 22.3 Å². The van der Waals surface area contributed by atoms with E-state index in [1.54, 1.807) is 27.7 Å². The topological polar surface area (TPSA) is 68.1 Å². The van der Waals surface area contributed by atoms with Crippen LogP contribution < -0.4 is 10.5 Å². The number of anilines is 1. The van der Waals surface area contributed by atoms with E-state index in [9.17, 15) is 9.59 Å². The predicted molar refractivity (Wildman–Crippen MR) is 137 cm³/mol. The van der Waals surface area contributed by atoms with Gasteiger partial charge in [0, 0.05) is 29.6 Å². The summed E-state index contributed by atoms with van der Waals surface area (Å²) < 4.78 is 1.67. The van der Waals surface area contributed by atoms with Crippen LogP contribution in [0.1, 0.15) is 30.7 Å². The number of hydrogen-bond donors (Lipinski definition) is 0. The second-order valence-electron chi connectivity index (χ2n) is 7.59. The van der Waals surface area contributed by atoms with Gasteiger partial charge in [0.2, 0.25) is 5.91 Å². The molecule has 0 radical (unpaired) electrons. The summed E-state index contributed by atoms with van der Waals surface area (Å²) in [5.74, 6) is 0.470. The number of rotatable bonds is 6. The van der Waals surface area contributed by atoms with Crippen molar-refractivity contribution in [2.24, 2.45) is 0 Å². The summed E-state index contributed by atoms with van der Waals surface area (Å²) in [6.45, 7) is 8.05. The number of carbonyl (C=O) groups is 1. The maximum absolute atomic E-state index is 13.6. The van der Waals surface area contributed by atoms with Crippen LogP contribution in [0.15, 0.2) is 51.7 Å². The molecule has 1 amide bonds. The SMILES string of the molecule is CCN(C(C)=O)c1nc(CSc2nc3cc(Cl)ccc3c(=O)n2-c2cccc(C)c2C)cs1. The molecule has 0 atom stereocenters. The van der Waals surface area contributed by atoms with Gasteiger partial charge in [-0.2, -0.15) is 0 Å². The van der Waals surface area contributed by atoms with Gasteiger partial charge in [-0.25, -0.2) is 9.97 Å². The number of thioether (sulfide) groups is 1. The molecule has 4 rings (SSSR count). The Morgan fingerprint density at radius 2 is 2.00 bits per heavy atom. The third-order valence-corrected chi connectivity index (χ3v) is 7.55. The molecule has 0 N–H and O–H groups in total. The minimum absolute atomic E-state index is 0.0390. The predicted octanol–water partition coefficient (Wildman–Crippen LogP) is 5.78. The van der Waals surface area contributed by atoms with Crippen molar-refractivity contribution in [2.75, 3.05) is 11.4 Å². The van der Waals surface area contributed by atoms with Gasteiger partial charge in [-0.15, -0.1) is 11.3 Å². The number of thiazole rings is 1. The first-order chi connectivity index (χ1) is 15.8. The molecule has 0 aliphatic carbocycles. The highest BCUT2D eigenvalue weighted by Crippen LogP contribution is 2.29. The van der Waals surface area contributed by atoms with Crippen molar-refractivity contribution in [1.82, 2.24) is 14.5 Å². The van der Waals surface area contributed by atoms with Crippen LogP contribution in [-0.4, -0.2) is 27.0 Å². The standard InChI is InChI=1S/C24H23ClN4O2S2/c1-5-28(16(4)30)23-26-18(12-32-23)13-33-24-27-20-11-17(25)9-10-19(20)22(31)29(24)21-8-6-7-14(2)15(21)3/h6-12H,5,13H2,1-4H3. The van der Waals surface area contributed by atoms with Crippen molar-refractivity contribution < 1.29 is 4.79 Å². The lowest BCUT2D eigenvalue weighted by molar-refractivity contribution is -0.116. The summed E-state index contributed by atoms with van der Waals surface area (Å²) >= 11 is 9.04. The van der Waals surface area contributed by atoms with Crippen molar-refractivity contribution in [3.05, 3.63) is 74.0 Å². The Labute approximate surface area is 205 Å². The van der Waals surface area contributed by atoms with Gasteiger partial charge in [0.25, 0.3) is 5.56 Å². The number of hydrogen-bond acceptors (Lipinski definition) is 6. The van der Waals surface area contributed by atoms with Gasteiger partial charge in [0.15, 0.2) is 10.3 Å². The van der Waals surface area contributed by atoms with Crippen LogP contribution in [-0.2, 0) is 10.5 Å². The van der Waals surface area contributed by atoms with Gasteiger partial charge < -0.3 is 0 Å². The Morgan fingerprint density at radius 3 is 2.73 bits per heavy atom. The fraction of sp³-hybridized carbons (Fsp3) is 0.250. The number of halogens is 1. The van der Waals surface area contributed by atoms with Gasteiger partial charge in [-0.05, 0) is 56.2 Å². The number of aryl methyl sites for hydroxylation is 1. The highest BCUT2D eigenvalue weighted by Gasteiger charge is 2.18. The summed E-state index contributed by atoms with van der Waals surface area (Å²) in [5.41, 5.74) is 4.17. The van der Waals surface area contributed by atoms with Gasteiger partial charge in [0.1, 0.15) is 0 Å². The molecule has 0 fully saturated rings. The van der Waals surface area contributed by atoms with Crippen molar-refractivity contribution in [3.63, 3.8) is 0 Å². The van der Waals surface area contributed by atoms with Gasteiger partial charge >= 0.3 is 0 Å². The van der Waals surface area contributed by atoms with Crippen molar-refractivity contribution in [3.8, 4) is 5.69 Å². The second-order valence-corrected chi connectivity index (χ2v) is 9.80. The minimum atomic E-state index is -0.138. The number of benzene rings is 2. The number of aromatic nitrogens is 3. The van der Waals surface area contributed by atoms with E-state index in [4.69, 9.17) is 16.6 Å². The van der Waals surface area contributed by atoms with Crippen LogP contribution in [0, 0.1) is 13.8 Å². The van der Waals surface area contributed by atoms with Crippen LogP contribution >= 0.6 is 34.7 Å². The zero-order chi connectivity index (χ0) is 23.7. The quantitative estimate of drug-likeness (QED) is 0.249. The average molecular weight is 499 g/mol. The largest absolute Gasteiger partial charge is 0.289 e. The summed E-state index contributed by atoms with van der Waals surface area (Å²) in [7, 11) is 0. The molecule has 170 valence electrons. The van der Waals surface area contributed by atoms with E-state index in [-0.39, 0.29) is 11.5 Å². The second kappa shape index (κ2) is 9.67. The fourth-order valence-corrected chi connectivity index (χ4v) is 5.65. The molecule has 0 aliphatic heterocycles. The van der Waals surface area contributed by atoms with E-state index in [2.05, 4.69) is 4.98 Å². The molecule has 0 spiro atoms. The highest BCUT2D eigenvalue weighted by molar-refractivity contribution is 7.98. The normalized spacial score (nSPS) is 11.2. The molecule has 0 bridgehead atoms. The molecule has 9 heteroatoms. The molecular formula is C24H23ClN4O2S2. The van der Waals surface area contributed by atoms with Gasteiger partial charge in [-0.1, -0.05) is 35.5 Å². The first-order valence-corrected chi connectivity index (χ1v) is 12.7. The zero-order valence-corrected chi connectivity index (χ0v) is 21.1. The molecule has 0 aliphatic rings. The summed E-state index contributed by atoms with van der Waals surface area (Å²) in [6, 6.07) is 11.0. The molecule has 6 nitrogen and oxygen atoms in total. The third-order valence-electron chi connectivity index (χ3n) is 5.43. The molecule has 2 heterocycles. The summed E-state index contributed by atoms with van der Waals surface area (Å²) in [4.78, 5) is 36.5. The van der Waals surface area contributed by atoms with E-state index in [1.807, 2.05) is 44.4 Å². The van der Waals surface area contributed by atoms with Crippen molar-refractivity contribution in [2.45, 2.75) is 38.6 Å². The highest BCUT2D eigenvalue weighted by atomic mass is 35.5. The van der Waals surface area contributed by atoms with E-state index < -0.39 is 0 Å². The first-order valence-electron chi connectivity index (χ1n) is 10.4. The Hall–Kier alpha value is -2.68. The smallest absolute Gasteiger partial charge is 0.266 e. The van der Waals surface area contributed by atoms with Gasteiger partial charge in [-0.3, -0.25) is 19.1 Å². The van der Waals surface area contributed by atoms with E-state index >= 15 is 0 Å². The molecule has 0 saturated heterocycles. The molecule has 0 saturated carbocycles. The molecule has 4 aromatic rings. The van der Waals surface area contributed by atoms with Crippen molar-refractivity contribution in [1.29, 1.82) is 0 Å². The molecule has 0 unspecified atom stereocenters. The summed E-state index contributed by atoms with van der Waals surface area (Å²) in [5, 5.41) is 4.22. The number of nitrogens with zero attached hydrogens (tertiary/aromatic N) is 4. The Bertz CT molecular complexity index is 1410. The monoisotopic (exact) mass is 498 g/mol. The Morgan fingerprint density at radius 1 is 1.21 bits per heavy atom. The van der Waals surface area contributed by atoms with Crippen LogP contribution in [0.2, 0.25) is 5.02 Å². The zero-order valence-electron chi connectivity index (χ0n) is 18.8. The maximum Gasteiger partial charge on any atom is 0.266 e. The number of amides is 1. The fourth-order valence-electron chi connectivity index (χ4n) is 3.54. The lowest BCUT2D eigenvalue weighted by Crippen LogP contribution is -2.27. The number of fused-ring (bicyclic) bond motifs is 1. The molecule has 2 aromatic carbocycles. The average Bonchev–Trinajstić information content (AvgIpc) is 3.23. The lowest BCUT2D eigenvalue weighted by Gasteiger charge is -2.16. The number of carbonyl (C=O) groups excluding carboxylic acids is 1. The molecule has 33 heavy (non-hydrogen) atoms. The van der Waals surface area contributed by atoms with Crippen LogP contribution in [0.5, 0.6) is 0 Å². The molecular weight excluding hydrogens is 476 g/mol. The first kappa shape index (κ1) is 23.5. The van der Waals surface area contributed by atoms with Crippen molar-refractivity contribution >= 4 is 56.6 Å². The van der Waals surface area contributed by atoms with E-state index in [0.29, 0.717) is 38.5 Å². The Kier molecular flexibility index (Phi) is 6.88. The lowest BCUT2D eigenvalue weighted by atomic mass is 10.1. The summed E-state index contributed by atoms with van der Waals surface area (Å²) in [6.07, 6.45) is 0. The maximum atomic E-state index is 13.6. The third kappa shape index (κ3) is 4.69. The van der Waals surface area contributed by atoms with Crippen LogP contribution in [0.3, 0.4) is 0 Å². The Balaban J connectivity index is 1.78. The molecule has 2 aromatic heterocycles.